The first kappa shape index (κ1) is 15.7. The standard InChI is InChI=1S/C20H20N2O3/c1-24-17-8-3-2-6-15(17)16-7-4-5-14-13-18(25-19(14)16)20(23)22-11-9-21-10-12-22/h2-8,13,21H,9-12H2,1H3. The molecule has 1 aromatic heterocycles. The number of benzene rings is 2. The molecule has 0 atom stereocenters. The molecule has 3 aromatic rings. The Bertz CT molecular complexity index is 910. The quantitative estimate of drug-likeness (QED) is 0.798. The first-order valence-electron chi connectivity index (χ1n) is 8.44. The van der Waals surface area contributed by atoms with E-state index in [0.29, 0.717) is 24.4 Å². The van der Waals surface area contributed by atoms with Gasteiger partial charge in [0.2, 0.25) is 0 Å². The number of methoxy groups -OCH3 is 1. The van der Waals surface area contributed by atoms with Gasteiger partial charge in [-0.2, -0.15) is 0 Å². The average molecular weight is 336 g/mol. The Balaban J connectivity index is 1.77. The number of ether oxygens (including phenoxy) is 1. The zero-order valence-electron chi connectivity index (χ0n) is 14.1. The van der Waals surface area contributed by atoms with E-state index >= 15 is 0 Å². The van der Waals surface area contributed by atoms with Crippen molar-refractivity contribution in [2.45, 2.75) is 0 Å². The molecule has 2 aromatic carbocycles. The number of carbonyl (C=O) groups is 1. The SMILES string of the molecule is COc1ccccc1-c1cccc2cc(C(=O)N3CCNCC3)oc12. The Hall–Kier alpha value is -2.79. The maximum atomic E-state index is 12.7. The molecule has 1 amide bonds. The second-order valence-electron chi connectivity index (χ2n) is 6.08. The molecule has 5 heteroatoms. The van der Waals surface area contributed by atoms with Gasteiger partial charge in [0, 0.05) is 42.7 Å². The number of nitrogens with one attached hydrogen (secondary N) is 1. The van der Waals surface area contributed by atoms with Crippen molar-refractivity contribution in [2.24, 2.45) is 0 Å². The van der Waals surface area contributed by atoms with Crippen LogP contribution < -0.4 is 10.1 Å². The minimum absolute atomic E-state index is 0.0522. The summed E-state index contributed by atoms with van der Waals surface area (Å²) in [6, 6.07) is 15.6. The molecule has 0 saturated carbocycles. The Kier molecular flexibility index (Phi) is 4.15. The minimum Gasteiger partial charge on any atom is -0.496 e. The molecule has 1 saturated heterocycles. The number of hydrogen-bond acceptors (Lipinski definition) is 4. The van der Waals surface area contributed by atoms with Crippen molar-refractivity contribution in [3.63, 3.8) is 0 Å². The fraction of sp³-hybridized carbons (Fsp3) is 0.250. The van der Waals surface area contributed by atoms with Crippen LogP contribution in [0.25, 0.3) is 22.1 Å². The topological polar surface area (TPSA) is 54.7 Å². The van der Waals surface area contributed by atoms with Gasteiger partial charge in [-0.15, -0.1) is 0 Å². The maximum absolute atomic E-state index is 12.7. The van der Waals surface area contributed by atoms with E-state index in [0.717, 1.165) is 35.4 Å². The van der Waals surface area contributed by atoms with E-state index in [1.54, 1.807) is 7.11 Å². The Labute approximate surface area is 146 Å². The highest BCUT2D eigenvalue weighted by Crippen LogP contribution is 2.36. The Morgan fingerprint density at radius 2 is 1.84 bits per heavy atom. The molecule has 1 N–H and O–H groups in total. The lowest BCUT2D eigenvalue weighted by Crippen LogP contribution is -2.46. The summed E-state index contributed by atoms with van der Waals surface area (Å²) in [7, 11) is 1.65. The van der Waals surface area contributed by atoms with Crippen LogP contribution in [0.1, 0.15) is 10.6 Å². The van der Waals surface area contributed by atoms with Crippen LogP contribution in [0.15, 0.2) is 52.9 Å². The number of fused-ring (bicyclic) bond motifs is 1. The van der Waals surface area contributed by atoms with Gasteiger partial charge in [-0.25, -0.2) is 0 Å². The summed E-state index contributed by atoms with van der Waals surface area (Å²) in [5, 5.41) is 4.17. The molecule has 0 radical (unpaired) electrons. The van der Waals surface area contributed by atoms with Crippen LogP contribution in [0.2, 0.25) is 0 Å². The number of para-hydroxylation sites is 2. The summed E-state index contributed by atoms with van der Waals surface area (Å²) in [6.07, 6.45) is 0. The van der Waals surface area contributed by atoms with Crippen molar-refractivity contribution in [3.8, 4) is 16.9 Å². The van der Waals surface area contributed by atoms with Crippen LogP contribution in [0.4, 0.5) is 0 Å². The predicted molar refractivity (Wildman–Crippen MR) is 97.0 cm³/mol. The van der Waals surface area contributed by atoms with Crippen LogP contribution in [0.3, 0.4) is 0 Å². The van der Waals surface area contributed by atoms with Crippen LogP contribution in [0.5, 0.6) is 5.75 Å². The van der Waals surface area contributed by atoms with Gasteiger partial charge in [-0.3, -0.25) is 4.79 Å². The van der Waals surface area contributed by atoms with E-state index in [4.69, 9.17) is 9.15 Å². The molecule has 2 heterocycles. The van der Waals surface area contributed by atoms with E-state index in [9.17, 15) is 4.79 Å². The Morgan fingerprint density at radius 1 is 1.08 bits per heavy atom. The van der Waals surface area contributed by atoms with Crippen LogP contribution >= 0.6 is 0 Å². The molecule has 0 bridgehead atoms. The van der Waals surface area contributed by atoms with E-state index in [2.05, 4.69) is 5.32 Å². The van der Waals surface area contributed by atoms with Gasteiger partial charge < -0.3 is 19.4 Å². The lowest BCUT2D eigenvalue weighted by molar-refractivity contribution is 0.0706. The van der Waals surface area contributed by atoms with Gasteiger partial charge in [0.1, 0.15) is 11.3 Å². The molecular formula is C20H20N2O3. The van der Waals surface area contributed by atoms with E-state index in [1.807, 2.05) is 53.4 Å². The van der Waals surface area contributed by atoms with E-state index in [-0.39, 0.29) is 5.91 Å². The van der Waals surface area contributed by atoms with Gasteiger partial charge in [0.25, 0.3) is 5.91 Å². The summed E-state index contributed by atoms with van der Waals surface area (Å²) in [5.74, 6) is 1.12. The monoisotopic (exact) mass is 336 g/mol. The maximum Gasteiger partial charge on any atom is 0.289 e. The number of carbonyl (C=O) groups excluding carboxylic acids is 1. The number of nitrogens with zero attached hydrogens (tertiary/aromatic N) is 1. The second-order valence-corrected chi connectivity index (χ2v) is 6.08. The first-order chi connectivity index (χ1) is 12.3. The highest BCUT2D eigenvalue weighted by atomic mass is 16.5. The Morgan fingerprint density at radius 3 is 2.64 bits per heavy atom. The summed E-state index contributed by atoms with van der Waals surface area (Å²) in [4.78, 5) is 14.6. The summed E-state index contributed by atoms with van der Waals surface area (Å²) < 4.78 is 11.5. The molecular weight excluding hydrogens is 316 g/mol. The molecule has 0 spiro atoms. The van der Waals surface area contributed by atoms with Crippen molar-refractivity contribution in [3.05, 3.63) is 54.3 Å². The molecule has 1 aliphatic rings. The summed E-state index contributed by atoms with van der Waals surface area (Å²) >= 11 is 0. The molecule has 25 heavy (non-hydrogen) atoms. The van der Waals surface area contributed by atoms with Crippen LogP contribution in [0, 0.1) is 0 Å². The fourth-order valence-electron chi connectivity index (χ4n) is 3.27. The van der Waals surface area contributed by atoms with Gasteiger partial charge in [0.15, 0.2) is 5.76 Å². The third-order valence-electron chi connectivity index (χ3n) is 4.56. The van der Waals surface area contributed by atoms with Crippen molar-refractivity contribution in [1.82, 2.24) is 10.2 Å². The average Bonchev–Trinajstić information content (AvgIpc) is 3.12. The first-order valence-corrected chi connectivity index (χ1v) is 8.44. The molecule has 0 aliphatic carbocycles. The molecule has 0 unspecified atom stereocenters. The predicted octanol–water partition coefficient (Wildman–Crippen LogP) is 3.15. The molecule has 128 valence electrons. The number of rotatable bonds is 3. The molecule has 5 nitrogen and oxygen atoms in total. The van der Waals surface area contributed by atoms with E-state index in [1.165, 1.54) is 0 Å². The molecule has 4 rings (SSSR count). The fourth-order valence-corrected chi connectivity index (χ4v) is 3.27. The number of piperazine rings is 1. The van der Waals surface area contributed by atoms with Crippen molar-refractivity contribution in [2.75, 3.05) is 33.3 Å². The van der Waals surface area contributed by atoms with Gasteiger partial charge >= 0.3 is 0 Å². The van der Waals surface area contributed by atoms with Gasteiger partial charge in [-0.05, 0) is 12.1 Å². The lowest BCUT2D eigenvalue weighted by atomic mass is 10.0. The number of amides is 1. The van der Waals surface area contributed by atoms with Crippen LogP contribution in [-0.2, 0) is 0 Å². The lowest BCUT2D eigenvalue weighted by Gasteiger charge is -2.26. The van der Waals surface area contributed by atoms with Gasteiger partial charge in [0.05, 0.1) is 7.11 Å². The largest absolute Gasteiger partial charge is 0.496 e. The highest BCUT2D eigenvalue weighted by molar-refractivity contribution is 6.00. The smallest absolute Gasteiger partial charge is 0.289 e. The van der Waals surface area contributed by atoms with Crippen molar-refractivity contribution < 1.29 is 13.9 Å². The highest BCUT2D eigenvalue weighted by Gasteiger charge is 2.22. The van der Waals surface area contributed by atoms with Crippen LogP contribution in [-0.4, -0.2) is 44.1 Å². The van der Waals surface area contributed by atoms with Gasteiger partial charge in [-0.1, -0.05) is 36.4 Å². The zero-order valence-corrected chi connectivity index (χ0v) is 14.1. The second kappa shape index (κ2) is 6.61. The summed E-state index contributed by atoms with van der Waals surface area (Å²) in [6.45, 7) is 3.04. The normalized spacial score (nSPS) is 14.7. The molecule has 1 aliphatic heterocycles. The molecule has 1 fully saturated rings. The minimum atomic E-state index is -0.0522. The van der Waals surface area contributed by atoms with Crippen molar-refractivity contribution in [1.29, 1.82) is 0 Å². The third kappa shape index (κ3) is 2.87. The van der Waals surface area contributed by atoms with E-state index < -0.39 is 0 Å². The number of furan rings is 1. The van der Waals surface area contributed by atoms with Crippen molar-refractivity contribution >= 4 is 16.9 Å². The summed E-state index contributed by atoms with van der Waals surface area (Å²) in [5.41, 5.74) is 2.59. The number of hydrogen-bond donors (Lipinski definition) is 1. The third-order valence-corrected chi connectivity index (χ3v) is 4.56. The zero-order chi connectivity index (χ0) is 17.2.